The van der Waals surface area contributed by atoms with Gasteiger partial charge < -0.3 is 10.6 Å². The van der Waals surface area contributed by atoms with Gasteiger partial charge in [0.2, 0.25) is 0 Å². The first-order valence-corrected chi connectivity index (χ1v) is 10.2. The Hall–Kier alpha value is -0.780. The molecule has 2 saturated carbocycles. The van der Waals surface area contributed by atoms with E-state index in [-0.39, 0.29) is 5.92 Å². The van der Waals surface area contributed by atoms with Crippen LogP contribution in [-0.4, -0.2) is 45.0 Å². The van der Waals surface area contributed by atoms with Gasteiger partial charge in [0, 0.05) is 19.1 Å². The second kappa shape index (κ2) is 6.55. The van der Waals surface area contributed by atoms with E-state index >= 15 is 0 Å². The summed E-state index contributed by atoms with van der Waals surface area (Å²) in [4.78, 5) is 4.66. The van der Waals surface area contributed by atoms with Gasteiger partial charge in [0.25, 0.3) is 0 Å². The van der Waals surface area contributed by atoms with Crippen LogP contribution in [0.4, 0.5) is 0 Å². The van der Waals surface area contributed by atoms with Crippen molar-refractivity contribution in [3.63, 3.8) is 0 Å². The highest BCUT2D eigenvalue weighted by atomic mass is 32.2. The molecule has 0 spiro atoms. The zero-order chi connectivity index (χ0) is 14.7. The lowest BCUT2D eigenvalue weighted by Gasteiger charge is -2.18. The van der Waals surface area contributed by atoms with Crippen LogP contribution in [0.25, 0.3) is 0 Å². The van der Waals surface area contributed by atoms with Crippen molar-refractivity contribution in [1.82, 2.24) is 10.6 Å². The first-order chi connectivity index (χ1) is 10.1. The van der Waals surface area contributed by atoms with Crippen LogP contribution in [0.1, 0.15) is 44.9 Å². The van der Waals surface area contributed by atoms with Crippen molar-refractivity contribution in [3.05, 3.63) is 0 Å². The second-order valence-electron chi connectivity index (χ2n) is 6.91. The molecule has 120 valence electrons. The van der Waals surface area contributed by atoms with Gasteiger partial charge in [0.05, 0.1) is 11.5 Å². The Labute approximate surface area is 127 Å². The fourth-order valence-corrected chi connectivity index (χ4v) is 5.06. The number of guanidine groups is 1. The third-order valence-electron chi connectivity index (χ3n) is 4.79. The van der Waals surface area contributed by atoms with Gasteiger partial charge >= 0.3 is 0 Å². The quantitative estimate of drug-likeness (QED) is 0.593. The van der Waals surface area contributed by atoms with Crippen molar-refractivity contribution >= 4 is 15.8 Å². The smallest absolute Gasteiger partial charge is 0.191 e. The SMILES string of the molecule is O=S1(=O)CCC(CN=C(NCC2CC2)NC2CCCC2)C1. The zero-order valence-electron chi connectivity index (χ0n) is 12.7. The number of hydrogen-bond donors (Lipinski definition) is 2. The minimum absolute atomic E-state index is 0.207. The average molecular weight is 313 g/mol. The summed E-state index contributed by atoms with van der Waals surface area (Å²) >= 11 is 0. The van der Waals surface area contributed by atoms with Crippen molar-refractivity contribution < 1.29 is 8.42 Å². The van der Waals surface area contributed by atoms with Gasteiger partial charge in [0.1, 0.15) is 0 Å². The molecule has 1 aliphatic heterocycles. The van der Waals surface area contributed by atoms with Crippen LogP contribution in [0.5, 0.6) is 0 Å². The van der Waals surface area contributed by atoms with Crippen LogP contribution < -0.4 is 10.6 Å². The van der Waals surface area contributed by atoms with Gasteiger partial charge in [-0.3, -0.25) is 4.99 Å². The van der Waals surface area contributed by atoms with Crippen LogP contribution >= 0.6 is 0 Å². The third kappa shape index (κ3) is 4.87. The van der Waals surface area contributed by atoms with E-state index in [9.17, 15) is 8.42 Å². The Kier molecular flexibility index (Phi) is 4.72. The second-order valence-corrected chi connectivity index (χ2v) is 9.14. The molecule has 2 N–H and O–H groups in total. The van der Waals surface area contributed by atoms with Crippen LogP contribution in [0.3, 0.4) is 0 Å². The molecular formula is C15H27N3O2S. The molecule has 0 aromatic carbocycles. The maximum Gasteiger partial charge on any atom is 0.191 e. The molecule has 3 aliphatic rings. The number of rotatable bonds is 5. The zero-order valence-corrected chi connectivity index (χ0v) is 13.5. The number of aliphatic imine (C=N–C) groups is 1. The van der Waals surface area contributed by atoms with Crippen molar-refractivity contribution in [2.24, 2.45) is 16.8 Å². The highest BCUT2D eigenvalue weighted by molar-refractivity contribution is 7.91. The standard InChI is InChI=1S/C15H27N3O2S/c19-21(20)8-7-13(11-21)10-17-15(16-9-12-5-6-12)18-14-3-1-2-4-14/h12-14H,1-11H2,(H2,16,17,18). The molecule has 0 bridgehead atoms. The van der Waals surface area contributed by atoms with E-state index in [4.69, 9.17) is 0 Å². The van der Waals surface area contributed by atoms with Gasteiger partial charge in [-0.1, -0.05) is 12.8 Å². The molecule has 0 aromatic heterocycles. The molecule has 1 atom stereocenters. The van der Waals surface area contributed by atoms with E-state index in [0.717, 1.165) is 24.8 Å². The van der Waals surface area contributed by atoms with Crippen LogP contribution in [-0.2, 0) is 9.84 Å². The fourth-order valence-electron chi connectivity index (χ4n) is 3.22. The molecule has 5 nitrogen and oxygen atoms in total. The van der Waals surface area contributed by atoms with Gasteiger partial charge in [-0.25, -0.2) is 8.42 Å². The molecule has 1 saturated heterocycles. The summed E-state index contributed by atoms with van der Waals surface area (Å²) < 4.78 is 23.0. The van der Waals surface area contributed by atoms with Crippen molar-refractivity contribution in [1.29, 1.82) is 0 Å². The first kappa shape index (κ1) is 15.1. The Balaban J connectivity index is 1.52. The van der Waals surface area contributed by atoms with E-state index in [1.54, 1.807) is 0 Å². The number of sulfone groups is 1. The van der Waals surface area contributed by atoms with E-state index in [1.165, 1.54) is 38.5 Å². The molecule has 21 heavy (non-hydrogen) atoms. The summed E-state index contributed by atoms with van der Waals surface area (Å²) in [5, 5.41) is 6.98. The summed E-state index contributed by atoms with van der Waals surface area (Å²) in [5.41, 5.74) is 0. The van der Waals surface area contributed by atoms with E-state index < -0.39 is 9.84 Å². The number of nitrogens with one attached hydrogen (secondary N) is 2. The monoisotopic (exact) mass is 313 g/mol. The largest absolute Gasteiger partial charge is 0.356 e. The van der Waals surface area contributed by atoms with E-state index in [1.807, 2.05) is 0 Å². The summed E-state index contributed by atoms with van der Waals surface area (Å²) in [6.45, 7) is 1.63. The molecule has 3 rings (SSSR count). The van der Waals surface area contributed by atoms with Crippen LogP contribution in [0.15, 0.2) is 4.99 Å². The molecule has 6 heteroatoms. The lowest BCUT2D eigenvalue weighted by atomic mass is 10.1. The van der Waals surface area contributed by atoms with Crippen molar-refractivity contribution in [3.8, 4) is 0 Å². The van der Waals surface area contributed by atoms with E-state index in [0.29, 0.717) is 24.1 Å². The van der Waals surface area contributed by atoms with Crippen LogP contribution in [0.2, 0.25) is 0 Å². The minimum atomic E-state index is -2.79. The van der Waals surface area contributed by atoms with E-state index in [2.05, 4.69) is 15.6 Å². The summed E-state index contributed by atoms with van der Waals surface area (Å²) in [6.07, 6.45) is 8.47. The lowest BCUT2D eigenvalue weighted by molar-refractivity contribution is 0.579. The highest BCUT2D eigenvalue weighted by Gasteiger charge is 2.28. The van der Waals surface area contributed by atoms with Gasteiger partial charge in [-0.2, -0.15) is 0 Å². The molecule has 2 aliphatic carbocycles. The predicted molar refractivity (Wildman–Crippen MR) is 85.2 cm³/mol. The summed E-state index contributed by atoms with van der Waals surface area (Å²) in [6, 6.07) is 0.544. The Morgan fingerprint density at radius 3 is 2.43 bits per heavy atom. The first-order valence-electron chi connectivity index (χ1n) is 8.36. The van der Waals surface area contributed by atoms with Gasteiger partial charge in [-0.05, 0) is 43.9 Å². The number of hydrogen-bond acceptors (Lipinski definition) is 3. The Morgan fingerprint density at radius 1 is 1.05 bits per heavy atom. The summed E-state index contributed by atoms with van der Waals surface area (Å²) in [7, 11) is -2.79. The average Bonchev–Trinajstić information content (AvgIpc) is 3.01. The maximum atomic E-state index is 11.5. The normalized spacial score (nSPS) is 29.7. The van der Waals surface area contributed by atoms with Gasteiger partial charge in [0.15, 0.2) is 15.8 Å². The summed E-state index contributed by atoms with van der Waals surface area (Å²) in [5.74, 6) is 2.58. The molecular weight excluding hydrogens is 286 g/mol. The Morgan fingerprint density at radius 2 is 1.81 bits per heavy atom. The number of nitrogens with zero attached hydrogens (tertiary/aromatic N) is 1. The van der Waals surface area contributed by atoms with Gasteiger partial charge in [-0.15, -0.1) is 0 Å². The van der Waals surface area contributed by atoms with Crippen molar-refractivity contribution in [2.45, 2.75) is 51.0 Å². The molecule has 0 aromatic rings. The predicted octanol–water partition coefficient (Wildman–Crippen LogP) is 1.31. The fraction of sp³-hybridized carbons (Fsp3) is 0.933. The lowest BCUT2D eigenvalue weighted by Crippen LogP contribution is -2.43. The highest BCUT2D eigenvalue weighted by Crippen LogP contribution is 2.27. The minimum Gasteiger partial charge on any atom is -0.356 e. The maximum absolute atomic E-state index is 11.5. The van der Waals surface area contributed by atoms with Crippen molar-refractivity contribution in [2.75, 3.05) is 24.6 Å². The Bertz CT molecular complexity index is 479. The molecule has 1 unspecified atom stereocenters. The molecule has 3 fully saturated rings. The third-order valence-corrected chi connectivity index (χ3v) is 6.62. The molecule has 0 radical (unpaired) electrons. The topological polar surface area (TPSA) is 70.6 Å². The molecule has 1 heterocycles. The van der Waals surface area contributed by atoms with Crippen LogP contribution in [0, 0.1) is 11.8 Å². The molecule has 0 amide bonds.